The largest absolute Gasteiger partial charge is 0.365 e. The highest BCUT2D eigenvalue weighted by molar-refractivity contribution is 5.85. The maximum absolute atomic E-state index is 4.33. The molecule has 3 heterocycles. The second-order valence-corrected chi connectivity index (χ2v) is 5.76. The monoisotopic (exact) mass is 342 g/mol. The fourth-order valence-corrected chi connectivity index (χ4v) is 3.21. The molecular formula is C14H20Cl2N6. The molecule has 0 aromatic carbocycles. The first-order chi connectivity index (χ1) is 9.72. The van der Waals surface area contributed by atoms with Crippen LogP contribution in [-0.4, -0.2) is 39.1 Å². The van der Waals surface area contributed by atoms with E-state index in [1.54, 1.807) is 4.68 Å². The topological polar surface area (TPSA) is 67.7 Å². The zero-order valence-corrected chi connectivity index (χ0v) is 14.1. The number of nitrogens with zero attached hydrogens (tertiary/aromatic N) is 4. The third-order valence-corrected chi connectivity index (χ3v) is 4.36. The van der Waals surface area contributed by atoms with Crippen LogP contribution < -0.4 is 10.6 Å². The van der Waals surface area contributed by atoms with Crippen molar-refractivity contribution in [3.05, 3.63) is 24.0 Å². The number of hydrogen-bond donors (Lipinski definition) is 2. The van der Waals surface area contributed by atoms with Gasteiger partial charge in [-0.25, -0.2) is 0 Å². The molecule has 0 amide bonds. The van der Waals surface area contributed by atoms with Gasteiger partial charge in [-0.3, -0.25) is 4.68 Å². The fraction of sp³-hybridized carbons (Fsp3) is 0.500. The third kappa shape index (κ3) is 2.91. The molecule has 1 saturated heterocycles. The molecule has 22 heavy (non-hydrogen) atoms. The molecule has 3 atom stereocenters. The summed E-state index contributed by atoms with van der Waals surface area (Å²) in [7, 11) is 1.92. The SMILES string of the molecule is Cc1nn(C)cc1-c1ccc(N[C@H]2[C@@H]3CNC[C@@H]32)nn1.Cl.Cl. The van der Waals surface area contributed by atoms with E-state index in [4.69, 9.17) is 0 Å². The van der Waals surface area contributed by atoms with E-state index in [9.17, 15) is 0 Å². The molecule has 1 saturated carbocycles. The molecule has 0 unspecified atom stereocenters. The van der Waals surface area contributed by atoms with E-state index >= 15 is 0 Å². The van der Waals surface area contributed by atoms with E-state index in [-0.39, 0.29) is 24.8 Å². The average molecular weight is 343 g/mol. The van der Waals surface area contributed by atoms with Crippen molar-refractivity contribution >= 4 is 30.6 Å². The summed E-state index contributed by atoms with van der Waals surface area (Å²) < 4.78 is 1.80. The van der Waals surface area contributed by atoms with Gasteiger partial charge in [0.25, 0.3) is 0 Å². The van der Waals surface area contributed by atoms with Gasteiger partial charge in [0.15, 0.2) is 0 Å². The minimum atomic E-state index is 0. The molecule has 0 radical (unpaired) electrons. The number of nitrogens with one attached hydrogen (secondary N) is 2. The Hall–Kier alpha value is -1.37. The van der Waals surface area contributed by atoms with Crippen LogP contribution >= 0.6 is 24.8 Å². The zero-order valence-electron chi connectivity index (χ0n) is 12.5. The molecule has 1 aliphatic carbocycles. The Kier molecular flexibility index (Phi) is 4.94. The van der Waals surface area contributed by atoms with Crippen LogP contribution in [0.3, 0.4) is 0 Å². The van der Waals surface area contributed by atoms with Gasteiger partial charge < -0.3 is 10.6 Å². The number of rotatable bonds is 3. The first-order valence-corrected chi connectivity index (χ1v) is 7.04. The number of hydrogen-bond acceptors (Lipinski definition) is 5. The quantitative estimate of drug-likeness (QED) is 0.887. The van der Waals surface area contributed by atoms with E-state index < -0.39 is 0 Å². The molecule has 2 aromatic rings. The number of aromatic nitrogens is 4. The maximum atomic E-state index is 4.33. The number of anilines is 1. The summed E-state index contributed by atoms with van der Waals surface area (Å²) in [5.41, 5.74) is 2.89. The molecule has 4 rings (SSSR count). The summed E-state index contributed by atoms with van der Waals surface area (Å²) in [6, 6.07) is 4.60. The van der Waals surface area contributed by atoms with Gasteiger partial charge in [0, 0.05) is 37.9 Å². The molecule has 1 aliphatic heterocycles. The van der Waals surface area contributed by atoms with Crippen molar-refractivity contribution in [1.82, 2.24) is 25.3 Å². The predicted molar refractivity (Wildman–Crippen MR) is 90.7 cm³/mol. The second-order valence-electron chi connectivity index (χ2n) is 5.76. The van der Waals surface area contributed by atoms with E-state index in [1.807, 2.05) is 32.3 Å². The van der Waals surface area contributed by atoms with Gasteiger partial charge in [0.1, 0.15) is 5.82 Å². The van der Waals surface area contributed by atoms with Gasteiger partial charge in [0.2, 0.25) is 0 Å². The molecule has 0 spiro atoms. The van der Waals surface area contributed by atoms with Crippen molar-refractivity contribution < 1.29 is 0 Å². The predicted octanol–water partition coefficient (Wildman–Crippen LogP) is 1.66. The molecule has 8 heteroatoms. The van der Waals surface area contributed by atoms with Gasteiger partial charge in [-0.15, -0.1) is 35.0 Å². The van der Waals surface area contributed by atoms with Crippen LogP contribution in [0, 0.1) is 18.8 Å². The van der Waals surface area contributed by atoms with E-state index in [0.717, 1.165) is 47.7 Å². The van der Waals surface area contributed by atoms with E-state index in [0.29, 0.717) is 6.04 Å². The van der Waals surface area contributed by atoms with Crippen molar-refractivity contribution in [3.63, 3.8) is 0 Å². The summed E-state index contributed by atoms with van der Waals surface area (Å²) in [6.45, 7) is 4.24. The van der Waals surface area contributed by atoms with Crippen LogP contribution in [0.15, 0.2) is 18.3 Å². The lowest BCUT2D eigenvalue weighted by Crippen LogP contribution is -2.21. The Morgan fingerprint density at radius 3 is 2.45 bits per heavy atom. The minimum absolute atomic E-state index is 0. The van der Waals surface area contributed by atoms with Gasteiger partial charge in [0.05, 0.1) is 11.4 Å². The standard InChI is InChI=1S/C14H18N6.2ClH/c1-8-11(7-20(2)19-8)12-3-4-13(18-17-12)16-14-9-5-15-6-10(9)14;;/h3-4,7,9-10,14-15H,5-6H2,1-2H3,(H,16,18);2*1H/t9-,10+,14+;;. The summed E-state index contributed by atoms with van der Waals surface area (Å²) in [6.07, 6.45) is 1.98. The van der Waals surface area contributed by atoms with Crippen molar-refractivity contribution in [2.24, 2.45) is 18.9 Å². The third-order valence-electron chi connectivity index (χ3n) is 4.36. The lowest BCUT2D eigenvalue weighted by Gasteiger charge is -2.07. The summed E-state index contributed by atoms with van der Waals surface area (Å²) in [5.74, 6) is 2.42. The fourth-order valence-electron chi connectivity index (χ4n) is 3.21. The molecule has 6 nitrogen and oxygen atoms in total. The Labute approximate surface area is 141 Å². The van der Waals surface area contributed by atoms with Crippen LogP contribution in [0.2, 0.25) is 0 Å². The van der Waals surface area contributed by atoms with Crippen LogP contribution in [0.1, 0.15) is 5.69 Å². The van der Waals surface area contributed by atoms with Crippen molar-refractivity contribution in [2.75, 3.05) is 18.4 Å². The first-order valence-electron chi connectivity index (χ1n) is 7.04. The Morgan fingerprint density at radius 2 is 1.91 bits per heavy atom. The molecule has 0 bridgehead atoms. The summed E-state index contributed by atoms with van der Waals surface area (Å²) in [5, 5.41) is 19.8. The highest BCUT2D eigenvalue weighted by Crippen LogP contribution is 2.43. The number of halogens is 2. The van der Waals surface area contributed by atoms with E-state index in [1.165, 1.54) is 0 Å². The lowest BCUT2D eigenvalue weighted by atomic mass is 10.2. The summed E-state index contributed by atoms with van der Waals surface area (Å²) in [4.78, 5) is 0. The van der Waals surface area contributed by atoms with E-state index in [2.05, 4.69) is 25.9 Å². The highest BCUT2D eigenvalue weighted by atomic mass is 35.5. The first kappa shape index (κ1) is 17.0. The van der Waals surface area contributed by atoms with Gasteiger partial charge in [-0.2, -0.15) is 5.10 Å². The zero-order chi connectivity index (χ0) is 13.7. The molecule has 120 valence electrons. The minimum Gasteiger partial charge on any atom is -0.365 e. The number of fused-ring (bicyclic) bond motifs is 1. The van der Waals surface area contributed by atoms with Crippen LogP contribution in [0.5, 0.6) is 0 Å². The maximum Gasteiger partial charge on any atom is 0.148 e. The lowest BCUT2D eigenvalue weighted by molar-refractivity contribution is 0.694. The van der Waals surface area contributed by atoms with Crippen molar-refractivity contribution in [1.29, 1.82) is 0 Å². The van der Waals surface area contributed by atoms with Gasteiger partial charge in [-0.1, -0.05) is 0 Å². The van der Waals surface area contributed by atoms with Gasteiger partial charge >= 0.3 is 0 Å². The van der Waals surface area contributed by atoms with Crippen LogP contribution in [-0.2, 0) is 7.05 Å². The molecule has 2 aliphatic rings. The van der Waals surface area contributed by atoms with Gasteiger partial charge in [-0.05, 0) is 30.9 Å². The number of piperidine rings is 1. The second kappa shape index (κ2) is 6.40. The smallest absolute Gasteiger partial charge is 0.148 e. The Bertz CT molecular complexity index is 631. The Morgan fingerprint density at radius 1 is 1.18 bits per heavy atom. The van der Waals surface area contributed by atoms with Crippen molar-refractivity contribution in [2.45, 2.75) is 13.0 Å². The summed E-state index contributed by atoms with van der Waals surface area (Å²) >= 11 is 0. The molecular weight excluding hydrogens is 323 g/mol. The molecule has 2 N–H and O–H groups in total. The van der Waals surface area contributed by atoms with Crippen molar-refractivity contribution in [3.8, 4) is 11.3 Å². The number of aryl methyl sites for hydroxylation is 2. The molecule has 2 aromatic heterocycles. The highest BCUT2D eigenvalue weighted by Gasteiger charge is 2.53. The average Bonchev–Trinajstić information content (AvgIpc) is 2.80. The van der Waals surface area contributed by atoms with Crippen LogP contribution in [0.4, 0.5) is 5.82 Å². The van der Waals surface area contributed by atoms with Crippen LogP contribution in [0.25, 0.3) is 11.3 Å². The normalized spacial score (nSPS) is 24.9. The molecule has 2 fully saturated rings. The Balaban J connectivity index is 0.000000882.